The van der Waals surface area contributed by atoms with Crippen LogP contribution in [0.3, 0.4) is 0 Å². The Kier molecular flexibility index (Phi) is 3.42. The number of amides is 2. The second-order valence-electron chi connectivity index (χ2n) is 2.01. The summed E-state index contributed by atoms with van der Waals surface area (Å²) in [5.74, 6) is -1.09. The molecule has 5 heteroatoms. The molecular formula is C5H11N3O2. The van der Waals surface area contributed by atoms with Crippen LogP contribution in [-0.4, -0.2) is 17.9 Å². The van der Waals surface area contributed by atoms with Gasteiger partial charge in [0.25, 0.3) is 0 Å². The van der Waals surface area contributed by atoms with Crippen molar-refractivity contribution in [3.8, 4) is 0 Å². The lowest BCUT2D eigenvalue weighted by Gasteiger charge is -2.03. The van der Waals surface area contributed by atoms with Crippen molar-refractivity contribution in [2.24, 2.45) is 17.2 Å². The van der Waals surface area contributed by atoms with Gasteiger partial charge in [0, 0.05) is 6.42 Å². The van der Waals surface area contributed by atoms with Gasteiger partial charge in [0.05, 0.1) is 6.04 Å². The first-order chi connectivity index (χ1) is 4.54. The van der Waals surface area contributed by atoms with Crippen LogP contribution in [0, 0.1) is 0 Å². The lowest BCUT2D eigenvalue weighted by molar-refractivity contribution is -0.120. The van der Waals surface area contributed by atoms with E-state index in [0.717, 1.165) is 0 Å². The van der Waals surface area contributed by atoms with Crippen molar-refractivity contribution >= 4 is 11.8 Å². The van der Waals surface area contributed by atoms with Crippen molar-refractivity contribution in [3.63, 3.8) is 0 Å². The van der Waals surface area contributed by atoms with Crippen molar-refractivity contribution in [1.29, 1.82) is 0 Å². The Bertz CT molecular complexity index is 146. The Morgan fingerprint density at radius 3 is 2.10 bits per heavy atom. The van der Waals surface area contributed by atoms with Gasteiger partial charge in [0.2, 0.25) is 11.8 Å². The minimum atomic E-state index is -0.757. The van der Waals surface area contributed by atoms with Gasteiger partial charge in [-0.2, -0.15) is 0 Å². The molecule has 0 aliphatic rings. The van der Waals surface area contributed by atoms with E-state index in [0.29, 0.717) is 0 Å². The molecular weight excluding hydrogens is 134 g/mol. The van der Waals surface area contributed by atoms with Crippen LogP contribution in [0.4, 0.5) is 0 Å². The third-order valence-electron chi connectivity index (χ3n) is 1.07. The van der Waals surface area contributed by atoms with E-state index in [4.69, 9.17) is 17.2 Å². The van der Waals surface area contributed by atoms with Gasteiger partial charge in [0.1, 0.15) is 0 Å². The summed E-state index contributed by atoms with van der Waals surface area (Å²) < 4.78 is 0. The van der Waals surface area contributed by atoms with E-state index in [1.54, 1.807) is 0 Å². The maximum atomic E-state index is 10.3. The summed E-state index contributed by atoms with van der Waals surface area (Å²) in [6.07, 6.45) is 0.328. The minimum absolute atomic E-state index is 0.101. The van der Waals surface area contributed by atoms with Gasteiger partial charge in [-0.05, 0) is 6.42 Å². The molecule has 6 N–H and O–H groups in total. The average Bonchev–Trinajstić information content (AvgIpc) is 1.82. The van der Waals surface area contributed by atoms with E-state index in [1.807, 2.05) is 0 Å². The van der Waals surface area contributed by atoms with Crippen LogP contribution >= 0.6 is 0 Å². The Hall–Kier alpha value is -1.10. The van der Waals surface area contributed by atoms with Gasteiger partial charge in [-0.1, -0.05) is 0 Å². The zero-order valence-electron chi connectivity index (χ0n) is 5.54. The number of primary amides is 2. The fourth-order valence-electron chi connectivity index (χ4n) is 0.440. The van der Waals surface area contributed by atoms with Crippen molar-refractivity contribution in [3.05, 3.63) is 0 Å². The molecule has 5 nitrogen and oxygen atoms in total. The van der Waals surface area contributed by atoms with Gasteiger partial charge < -0.3 is 17.2 Å². The van der Waals surface area contributed by atoms with Crippen molar-refractivity contribution < 1.29 is 9.59 Å². The molecule has 0 saturated heterocycles. The predicted octanol–water partition coefficient (Wildman–Crippen LogP) is -1.94. The molecule has 1 atom stereocenters. The fraction of sp³-hybridized carbons (Fsp3) is 0.600. The highest BCUT2D eigenvalue weighted by Crippen LogP contribution is 1.91. The predicted molar refractivity (Wildman–Crippen MR) is 35.6 cm³/mol. The molecule has 0 bridgehead atoms. The fourth-order valence-corrected chi connectivity index (χ4v) is 0.440. The molecule has 58 valence electrons. The third-order valence-corrected chi connectivity index (χ3v) is 1.07. The van der Waals surface area contributed by atoms with Crippen LogP contribution < -0.4 is 17.2 Å². The van der Waals surface area contributed by atoms with Crippen molar-refractivity contribution in [2.75, 3.05) is 0 Å². The van der Waals surface area contributed by atoms with E-state index in [2.05, 4.69) is 0 Å². The molecule has 0 fully saturated rings. The topological polar surface area (TPSA) is 112 Å². The lowest BCUT2D eigenvalue weighted by Crippen LogP contribution is -2.37. The molecule has 10 heavy (non-hydrogen) atoms. The van der Waals surface area contributed by atoms with Crippen LogP contribution in [0.25, 0.3) is 0 Å². The highest BCUT2D eigenvalue weighted by molar-refractivity contribution is 5.81. The number of carbonyl (C=O) groups is 2. The van der Waals surface area contributed by atoms with Gasteiger partial charge >= 0.3 is 0 Å². The van der Waals surface area contributed by atoms with E-state index < -0.39 is 17.9 Å². The Morgan fingerprint density at radius 1 is 1.30 bits per heavy atom. The van der Waals surface area contributed by atoms with Gasteiger partial charge in [-0.3, -0.25) is 9.59 Å². The van der Waals surface area contributed by atoms with Crippen LogP contribution in [0.15, 0.2) is 0 Å². The molecule has 0 radical (unpaired) electrons. The van der Waals surface area contributed by atoms with Gasteiger partial charge in [-0.15, -0.1) is 0 Å². The molecule has 0 aliphatic heterocycles. The molecule has 2 amide bonds. The first kappa shape index (κ1) is 8.90. The Labute approximate surface area is 58.5 Å². The number of hydrogen-bond acceptors (Lipinski definition) is 3. The summed E-state index contributed by atoms with van der Waals surface area (Å²) in [5, 5.41) is 0. The maximum absolute atomic E-state index is 10.3. The standard InChI is InChI=1S/C5H11N3O2/c6-3(5(8)10)1-2-4(7)9/h3H,1-2,6H2,(H2,7,9)(H2,8,10). The SMILES string of the molecule is NC(=O)CCC(N)C(N)=O. The van der Waals surface area contributed by atoms with E-state index in [1.165, 1.54) is 0 Å². The van der Waals surface area contributed by atoms with Gasteiger partial charge in [-0.25, -0.2) is 0 Å². The van der Waals surface area contributed by atoms with E-state index >= 15 is 0 Å². The summed E-state index contributed by atoms with van der Waals surface area (Å²) in [5.41, 5.74) is 14.8. The van der Waals surface area contributed by atoms with Gasteiger partial charge in [0.15, 0.2) is 0 Å². The van der Waals surface area contributed by atoms with Crippen LogP contribution in [-0.2, 0) is 9.59 Å². The normalized spacial score (nSPS) is 12.5. The zero-order valence-corrected chi connectivity index (χ0v) is 5.54. The molecule has 0 rings (SSSR count). The average molecular weight is 145 g/mol. The Balaban J connectivity index is 3.49. The monoisotopic (exact) mass is 145 g/mol. The molecule has 0 heterocycles. The molecule has 0 aromatic rings. The molecule has 0 aromatic carbocycles. The van der Waals surface area contributed by atoms with Crippen molar-refractivity contribution in [2.45, 2.75) is 18.9 Å². The van der Waals surface area contributed by atoms with Crippen LogP contribution in [0.1, 0.15) is 12.8 Å². The smallest absolute Gasteiger partial charge is 0.234 e. The minimum Gasteiger partial charge on any atom is -0.370 e. The summed E-state index contributed by atoms with van der Waals surface area (Å²) in [7, 11) is 0. The van der Waals surface area contributed by atoms with Crippen LogP contribution in [0.2, 0.25) is 0 Å². The van der Waals surface area contributed by atoms with Crippen LogP contribution in [0.5, 0.6) is 0 Å². The summed E-state index contributed by atoms with van der Waals surface area (Å²) in [6.45, 7) is 0. The number of hydrogen-bond donors (Lipinski definition) is 3. The second-order valence-corrected chi connectivity index (χ2v) is 2.01. The molecule has 0 spiro atoms. The second kappa shape index (κ2) is 3.84. The number of carbonyl (C=O) groups excluding carboxylic acids is 2. The summed E-state index contributed by atoms with van der Waals surface area (Å²) >= 11 is 0. The summed E-state index contributed by atoms with van der Waals surface area (Å²) in [6, 6.07) is -0.757. The largest absolute Gasteiger partial charge is 0.370 e. The highest BCUT2D eigenvalue weighted by Gasteiger charge is 2.09. The lowest BCUT2D eigenvalue weighted by atomic mass is 10.1. The van der Waals surface area contributed by atoms with Crippen molar-refractivity contribution in [1.82, 2.24) is 0 Å². The molecule has 0 aliphatic carbocycles. The maximum Gasteiger partial charge on any atom is 0.234 e. The van der Waals surface area contributed by atoms with E-state index in [9.17, 15) is 9.59 Å². The Morgan fingerprint density at radius 2 is 1.80 bits per heavy atom. The quantitative estimate of drug-likeness (QED) is 0.428. The number of nitrogens with two attached hydrogens (primary N) is 3. The highest BCUT2D eigenvalue weighted by atomic mass is 16.1. The third kappa shape index (κ3) is 3.85. The molecule has 0 aromatic heterocycles. The number of rotatable bonds is 4. The first-order valence-electron chi connectivity index (χ1n) is 2.87. The molecule has 1 unspecified atom stereocenters. The first-order valence-corrected chi connectivity index (χ1v) is 2.87. The molecule has 0 saturated carbocycles. The van der Waals surface area contributed by atoms with E-state index in [-0.39, 0.29) is 12.8 Å². The summed E-state index contributed by atoms with van der Waals surface area (Å²) in [4.78, 5) is 20.4. The zero-order chi connectivity index (χ0) is 8.15.